The molecule has 3 atom stereocenters. The number of aliphatic hydroxyl groups is 1. The monoisotopic (exact) mass is 249 g/mol. The summed E-state index contributed by atoms with van der Waals surface area (Å²) < 4.78 is 0. The third-order valence-corrected chi connectivity index (χ3v) is 4.14. The molecule has 1 aromatic rings. The highest BCUT2D eigenvalue weighted by atomic mass is 16.3. The van der Waals surface area contributed by atoms with Gasteiger partial charge in [-0.1, -0.05) is 24.6 Å². The molecule has 1 aliphatic carbocycles. The lowest BCUT2D eigenvalue weighted by atomic mass is 9.96. The molecule has 1 saturated carbocycles. The fraction of sp³-hybridized carbons (Fsp3) is 0.600. The van der Waals surface area contributed by atoms with Gasteiger partial charge in [0, 0.05) is 18.2 Å². The number of phenols is 1. The topological polar surface area (TPSA) is 52.5 Å². The van der Waals surface area contributed by atoms with E-state index in [9.17, 15) is 10.2 Å². The second kappa shape index (κ2) is 6.21. The molecule has 1 aromatic carbocycles. The van der Waals surface area contributed by atoms with Crippen LogP contribution in [0.4, 0.5) is 0 Å². The highest BCUT2D eigenvalue weighted by molar-refractivity contribution is 5.34. The largest absolute Gasteiger partial charge is 0.508 e. The van der Waals surface area contributed by atoms with Crippen molar-refractivity contribution in [2.24, 2.45) is 11.8 Å². The summed E-state index contributed by atoms with van der Waals surface area (Å²) in [5.41, 5.74) is 0.941. The van der Waals surface area contributed by atoms with E-state index < -0.39 is 0 Å². The standard InChI is InChI=1S/C15H23NO2/c1-11(14-7-2-3-8-15(14)18)16-9-12-5-4-6-13(12)10-17/h2-3,7-8,11-13,16-18H,4-6,9-10H2,1H3. The Morgan fingerprint density at radius 2 is 2.00 bits per heavy atom. The van der Waals surface area contributed by atoms with Gasteiger partial charge in [-0.05, 0) is 44.2 Å². The predicted octanol–water partition coefficient (Wildman–Crippen LogP) is 2.45. The first-order valence-electron chi connectivity index (χ1n) is 6.84. The number of para-hydroxylation sites is 1. The van der Waals surface area contributed by atoms with Crippen LogP contribution < -0.4 is 5.32 Å². The zero-order chi connectivity index (χ0) is 13.0. The molecule has 100 valence electrons. The number of aliphatic hydroxyl groups excluding tert-OH is 1. The Balaban J connectivity index is 1.88. The lowest BCUT2D eigenvalue weighted by molar-refractivity contribution is 0.190. The Kier molecular flexibility index (Phi) is 4.61. The predicted molar refractivity (Wildman–Crippen MR) is 72.4 cm³/mol. The van der Waals surface area contributed by atoms with Gasteiger partial charge in [-0.15, -0.1) is 0 Å². The van der Waals surface area contributed by atoms with E-state index in [2.05, 4.69) is 12.2 Å². The van der Waals surface area contributed by atoms with Crippen LogP contribution >= 0.6 is 0 Å². The molecule has 3 nitrogen and oxygen atoms in total. The molecule has 1 fully saturated rings. The number of rotatable bonds is 5. The van der Waals surface area contributed by atoms with E-state index in [0.29, 0.717) is 24.2 Å². The summed E-state index contributed by atoms with van der Waals surface area (Å²) >= 11 is 0. The molecular formula is C15H23NO2. The molecule has 2 rings (SSSR count). The average molecular weight is 249 g/mol. The lowest BCUT2D eigenvalue weighted by Crippen LogP contribution is -2.28. The van der Waals surface area contributed by atoms with E-state index >= 15 is 0 Å². The fourth-order valence-electron chi connectivity index (χ4n) is 2.91. The smallest absolute Gasteiger partial charge is 0.120 e. The minimum absolute atomic E-state index is 0.145. The Hall–Kier alpha value is -1.06. The number of aromatic hydroxyl groups is 1. The van der Waals surface area contributed by atoms with Crippen LogP contribution in [0.3, 0.4) is 0 Å². The van der Waals surface area contributed by atoms with Gasteiger partial charge in [0.15, 0.2) is 0 Å². The molecule has 0 bridgehead atoms. The second-order valence-electron chi connectivity index (χ2n) is 5.32. The maximum absolute atomic E-state index is 9.79. The summed E-state index contributed by atoms with van der Waals surface area (Å²) in [4.78, 5) is 0. The van der Waals surface area contributed by atoms with Gasteiger partial charge in [0.1, 0.15) is 5.75 Å². The van der Waals surface area contributed by atoms with Crippen molar-refractivity contribution in [1.82, 2.24) is 5.32 Å². The number of phenolic OH excluding ortho intramolecular Hbond substituents is 1. The first-order chi connectivity index (χ1) is 8.72. The van der Waals surface area contributed by atoms with Crippen LogP contribution in [0.25, 0.3) is 0 Å². The summed E-state index contributed by atoms with van der Waals surface area (Å²) in [5.74, 6) is 1.38. The molecule has 18 heavy (non-hydrogen) atoms. The summed E-state index contributed by atoms with van der Waals surface area (Å²) in [7, 11) is 0. The number of hydrogen-bond acceptors (Lipinski definition) is 3. The van der Waals surface area contributed by atoms with Crippen molar-refractivity contribution < 1.29 is 10.2 Å². The van der Waals surface area contributed by atoms with E-state index in [-0.39, 0.29) is 6.04 Å². The minimum atomic E-state index is 0.145. The Bertz CT molecular complexity index is 381. The van der Waals surface area contributed by atoms with Gasteiger partial charge in [0.2, 0.25) is 0 Å². The molecule has 3 heteroatoms. The van der Waals surface area contributed by atoms with Gasteiger partial charge in [0.05, 0.1) is 0 Å². The summed E-state index contributed by atoms with van der Waals surface area (Å²) in [6.07, 6.45) is 3.57. The highest BCUT2D eigenvalue weighted by Gasteiger charge is 2.26. The molecule has 3 N–H and O–H groups in total. The van der Waals surface area contributed by atoms with E-state index in [4.69, 9.17) is 0 Å². The van der Waals surface area contributed by atoms with Crippen LogP contribution in [0.2, 0.25) is 0 Å². The highest BCUT2D eigenvalue weighted by Crippen LogP contribution is 2.31. The first-order valence-corrected chi connectivity index (χ1v) is 6.84. The average Bonchev–Trinajstić information content (AvgIpc) is 2.84. The first kappa shape index (κ1) is 13.4. The Morgan fingerprint density at radius 1 is 1.28 bits per heavy atom. The molecule has 0 spiro atoms. The third-order valence-electron chi connectivity index (χ3n) is 4.14. The van der Waals surface area contributed by atoms with Crippen LogP contribution in [0.5, 0.6) is 5.75 Å². The van der Waals surface area contributed by atoms with E-state index in [1.807, 2.05) is 18.2 Å². The lowest BCUT2D eigenvalue weighted by Gasteiger charge is -2.21. The third kappa shape index (κ3) is 3.03. The van der Waals surface area contributed by atoms with Crippen LogP contribution in [-0.2, 0) is 0 Å². The number of hydrogen-bond donors (Lipinski definition) is 3. The van der Waals surface area contributed by atoms with Gasteiger partial charge < -0.3 is 15.5 Å². The summed E-state index contributed by atoms with van der Waals surface area (Å²) in [6, 6.07) is 7.60. The van der Waals surface area contributed by atoms with Gasteiger partial charge in [0.25, 0.3) is 0 Å². The van der Waals surface area contributed by atoms with E-state index in [1.54, 1.807) is 6.07 Å². The Labute approximate surface area is 109 Å². The molecule has 0 saturated heterocycles. The van der Waals surface area contributed by atoms with Crippen LogP contribution in [0.1, 0.15) is 37.8 Å². The van der Waals surface area contributed by atoms with Crippen molar-refractivity contribution in [3.05, 3.63) is 29.8 Å². The van der Waals surface area contributed by atoms with E-state index in [0.717, 1.165) is 18.5 Å². The second-order valence-corrected chi connectivity index (χ2v) is 5.32. The summed E-state index contributed by atoms with van der Waals surface area (Å²) in [5, 5.41) is 22.6. The minimum Gasteiger partial charge on any atom is -0.508 e. The zero-order valence-corrected chi connectivity index (χ0v) is 11.0. The number of nitrogens with one attached hydrogen (secondary N) is 1. The van der Waals surface area contributed by atoms with E-state index in [1.165, 1.54) is 12.8 Å². The quantitative estimate of drug-likeness (QED) is 0.751. The van der Waals surface area contributed by atoms with Crippen molar-refractivity contribution in [3.63, 3.8) is 0 Å². The van der Waals surface area contributed by atoms with Crippen LogP contribution in [-0.4, -0.2) is 23.4 Å². The molecule has 1 aliphatic rings. The molecular weight excluding hydrogens is 226 g/mol. The van der Waals surface area contributed by atoms with Gasteiger partial charge in [-0.2, -0.15) is 0 Å². The number of benzene rings is 1. The Morgan fingerprint density at radius 3 is 2.72 bits per heavy atom. The van der Waals surface area contributed by atoms with Crippen molar-refractivity contribution in [2.75, 3.05) is 13.2 Å². The molecule has 0 aliphatic heterocycles. The van der Waals surface area contributed by atoms with Gasteiger partial charge >= 0.3 is 0 Å². The molecule has 0 heterocycles. The van der Waals surface area contributed by atoms with Crippen molar-refractivity contribution >= 4 is 0 Å². The van der Waals surface area contributed by atoms with Gasteiger partial charge in [-0.3, -0.25) is 0 Å². The van der Waals surface area contributed by atoms with Crippen LogP contribution in [0.15, 0.2) is 24.3 Å². The zero-order valence-electron chi connectivity index (χ0n) is 11.0. The van der Waals surface area contributed by atoms with Crippen molar-refractivity contribution in [1.29, 1.82) is 0 Å². The molecule has 0 amide bonds. The maximum Gasteiger partial charge on any atom is 0.120 e. The summed E-state index contributed by atoms with van der Waals surface area (Å²) in [6.45, 7) is 3.29. The van der Waals surface area contributed by atoms with Crippen molar-refractivity contribution in [2.45, 2.75) is 32.2 Å². The van der Waals surface area contributed by atoms with Crippen molar-refractivity contribution in [3.8, 4) is 5.75 Å². The molecule has 0 aromatic heterocycles. The fourth-order valence-corrected chi connectivity index (χ4v) is 2.91. The molecule has 3 unspecified atom stereocenters. The molecule has 0 radical (unpaired) electrons. The van der Waals surface area contributed by atoms with Gasteiger partial charge in [-0.25, -0.2) is 0 Å². The SMILES string of the molecule is CC(NCC1CCCC1CO)c1ccccc1O. The maximum atomic E-state index is 9.79. The normalized spacial score (nSPS) is 25.2. The van der Waals surface area contributed by atoms with Crippen LogP contribution in [0, 0.1) is 11.8 Å².